The summed E-state index contributed by atoms with van der Waals surface area (Å²) in [5.41, 5.74) is 0.392. The third-order valence-corrected chi connectivity index (χ3v) is 7.69. The van der Waals surface area contributed by atoms with Crippen LogP contribution in [0, 0.1) is 0 Å². The number of ether oxygens (including phenoxy) is 4. The highest BCUT2D eigenvalue weighted by Gasteiger charge is 2.31. The van der Waals surface area contributed by atoms with Gasteiger partial charge in [0, 0.05) is 16.8 Å². The number of hydrogen-bond acceptors (Lipinski definition) is 8. The molecule has 0 aliphatic rings. The zero-order valence-corrected chi connectivity index (χ0v) is 23.8. The Bertz CT molecular complexity index is 1480. The predicted molar refractivity (Wildman–Crippen MR) is 148 cm³/mol. The van der Waals surface area contributed by atoms with Gasteiger partial charge in [0.05, 0.1) is 49.1 Å². The SMILES string of the molecule is CCOC(=O)c1ccc(NC(=O)CN(c2cc(Cl)ccc2OC)S(=O)(=O)c2ccc(OC)c(OC)c2)cc1Cl. The molecular formula is C26H26Cl2N2O8S. The summed E-state index contributed by atoms with van der Waals surface area (Å²) in [6.45, 7) is 1.17. The van der Waals surface area contributed by atoms with Gasteiger partial charge in [-0.05, 0) is 55.5 Å². The maximum Gasteiger partial charge on any atom is 0.339 e. The summed E-state index contributed by atoms with van der Waals surface area (Å²) in [6, 6.07) is 12.6. The van der Waals surface area contributed by atoms with Crippen LogP contribution in [0.5, 0.6) is 17.2 Å². The van der Waals surface area contributed by atoms with Crippen molar-refractivity contribution in [1.29, 1.82) is 0 Å². The molecular weight excluding hydrogens is 571 g/mol. The van der Waals surface area contributed by atoms with Crippen LogP contribution in [-0.2, 0) is 19.6 Å². The van der Waals surface area contributed by atoms with E-state index in [-0.39, 0.29) is 50.0 Å². The lowest BCUT2D eigenvalue weighted by Crippen LogP contribution is -2.38. The summed E-state index contributed by atoms with van der Waals surface area (Å²) in [5.74, 6) is -0.652. The maximum atomic E-state index is 13.9. The number of nitrogens with zero attached hydrogens (tertiary/aromatic N) is 1. The van der Waals surface area contributed by atoms with Crippen LogP contribution in [-0.4, -0.2) is 54.8 Å². The van der Waals surface area contributed by atoms with E-state index in [9.17, 15) is 18.0 Å². The average molecular weight is 597 g/mol. The molecule has 1 N–H and O–H groups in total. The minimum Gasteiger partial charge on any atom is -0.495 e. The lowest BCUT2D eigenvalue weighted by atomic mass is 10.2. The number of halogens is 2. The Morgan fingerprint density at radius 2 is 1.54 bits per heavy atom. The molecule has 0 aliphatic carbocycles. The summed E-state index contributed by atoms with van der Waals surface area (Å²) in [7, 11) is -0.213. The molecule has 0 heterocycles. The van der Waals surface area contributed by atoms with Gasteiger partial charge in [-0.3, -0.25) is 9.10 Å². The molecule has 0 unspecified atom stereocenters. The molecule has 0 spiro atoms. The van der Waals surface area contributed by atoms with E-state index < -0.39 is 28.4 Å². The topological polar surface area (TPSA) is 120 Å². The van der Waals surface area contributed by atoms with Crippen LogP contribution in [0.2, 0.25) is 10.0 Å². The molecule has 10 nitrogen and oxygen atoms in total. The van der Waals surface area contributed by atoms with Crippen molar-refractivity contribution in [3.8, 4) is 17.2 Å². The molecule has 0 radical (unpaired) electrons. The van der Waals surface area contributed by atoms with Crippen LogP contribution in [0.15, 0.2) is 59.5 Å². The molecule has 3 aromatic rings. The first-order chi connectivity index (χ1) is 18.5. The third-order valence-electron chi connectivity index (χ3n) is 5.39. The number of hydrogen-bond donors (Lipinski definition) is 1. The van der Waals surface area contributed by atoms with Crippen LogP contribution in [0.4, 0.5) is 11.4 Å². The molecule has 0 atom stereocenters. The van der Waals surface area contributed by atoms with E-state index in [1.165, 1.54) is 75.9 Å². The zero-order chi connectivity index (χ0) is 28.7. The Morgan fingerprint density at radius 1 is 0.872 bits per heavy atom. The van der Waals surface area contributed by atoms with E-state index in [0.717, 1.165) is 4.31 Å². The standard InChI is InChI=1S/C26H26Cl2N2O8S/c1-5-38-26(32)19-9-7-17(13-20(19)28)29-25(31)15-30(21-12-16(27)6-10-22(21)35-2)39(33,34)18-8-11-23(36-3)24(14-18)37-4/h6-14H,5,15H2,1-4H3,(H,29,31). The molecule has 3 rings (SSSR count). The van der Waals surface area contributed by atoms with Gasteiger partial charge in [-0.2, -0.15) is 0 Å². The largest absolute Gasteiger partial charge is 0.495 e. The third kappa shape index (κ3) is 6.86. The maximum absolute atomic E-state index is 13.9. The van der Waals surface area contributed by atoms with Crippen molar-refractivity contribution in [1.82, 2.24) is 0 Å². The van der Waals surface area contributed by atoms with Crippen molar-refractivity contribution >= 4 is 56.5 Å². The molecule has 39 heavy (non-hydrogen) atoms. The highest BCUT2D eigenvalue weighted by molar-refractivity contribution is 7.92. The van der Waals surface area contributed by atoms with E-state index in [0.29, 0.717) is 5.75 Å². The Kier molecular flexibility index (Phi) is 9.90. The second kappa shape index (κ2) is 12.9. The highest BCUT2D eigenvalue weighted by Crippen LogP contribution is 2.37. The first kappa shape index (κ1) is 29.9. The van der Waals surface area contributed by atoms with Crippen molar-refractivity contribution in [2.24, 2.45) is 0 Å². The summed E-state index contributed by atoms with van der Waals surface area (Å²) in [5, 5.41) is 2.87. The fraction of sp³-hybridized carbons (Fsp3) is 0.231. The molecule has 13 heteroatoms. The van der Waals surface area contributed by atoms with Crippen LogP contribution in [0.3, 0.4) is 0 Å². The number of carbonyl (C=O) groups is 2. The number of esters is 1. The van der Waals surface area contributed by atoms with E-state index in [1.807, 2.05) is 0 Å². The van der Waals surface area contributed by atoms with Gasteiger partial charge in [0.15, 0.2) is 11.5 Å². The monoisotopic (exact) mass is 596 g/mol. The number of carbonyl (C=O) groups excluding carboxylic acids is 2. The number of sulfonamides is 1. The fourth-order valence-corrected chi connectivity index (χ4v) is 5.42. The van der Waals surface area contributed by atoms with Gasteiger partial charge in [-0.15, -0.1) is 0 Å². The van der Waals surface area contributed by atoms with Crippen molar-refractivity contribution in [2.45, 2.75) is 11.8 Å². The van der Waals surface area contributed by atoms with Crippen LogP contribution in [0.25, 0.3) is 0 Å². The van der Waals surface area contributed by atoms with Gasteiger partial charge in [0.2, 0.25) is 5.91 Å². The minimum atomic E-state index is -4.37. The lowest BCUT2D eigenvalue weighted by Gasteiger charge is -2.26. The van der Waals surface area contributed by atoms with Gasteiger partial charge in [-0.1, -0.05) is 23.2 Å². The highest BCUT2D eigenvalue weighted by atomic mass is 35.5. The quantitative estimate of drug-likeness (QED) is 0.306. The summed E-state index contributed by atoms with van der Waals surface area (Å²) in [4.78, 5) is 25.0. The van der Waals surface area contributed by atoms with Gasteiger partial charge in [0.25, 0.3) is 10.0 Å². The summed E-state index contributed by atoms with van der Waals surface area (Å²) >= 11 is 12.4. The molecule has 0 saturated carbocycles. The molecule has 1 amide bonds. The number of amides is 1. The zero-order valence-electron chi connectivity index (χ0n) is 21.5. The Morgan fingerprint density at radius 3 is 2.15 bits per heavy atom. The number of anilines is 2. The molecule has 0 fully saturated rings. The van der Waals surface area contributed by atoms with Crippen molar-refractivity contribution < 1.29 is 37.0 Å². The van der Waals surface area contributed by atoms with Gasteiger partial charge < -0.3 is 24.3 Å². The Hall–Kier alpha value is -3.67. The van der Waals surface area contributed by atoms with E-state index in [1.54, 1.807) is 6.92 Å². The molecule has 0 saturated heterocycles. The minimum absolute atomic E-state index is 0.0330. The lowest BCUT2D eigenvalue weighted by molar-refractivity contribution is -0.114. The van der Waals surface area contributed by atoms with E-state index in [2.05, 4.69) is 5.32 Å². The van der Waals surface area contributed by atoms with Crippen molar-refractivity contribution in [3.63, 3.8) is 0 Å². The number of methoxy groups -OCH3 is 3. The fourth-order valence-electron chi connectivity index (χ4n) is 3.56. The number of nitrogens with one attached hydrogen (secondary N) is 1. The van der Waals surface area contributed by atoms with E-state index >= 15 is 0 Å². The van der Waals surface area contributed by atoms with Crippen molar-refractivity contribution in [3.05, 3.63) is 70.2 Å². The van der Waals surface area contributed by atoms with Crippen LogP contribution >= 0.6 is 23.2 Å². The van der Waals surface area contributed by atoms with Gasteiger partial charge >= 0.3 is 5.97 Å². The average Bonchev–Trinajstić information content (AvgIpc) is 2.91. The van der Waals surface area contributed by atoms with Crippen LogP contribution < -0.4 is 23.8 Å². The first-order valence-corrected chi connectivity index (χ1v) is 13.6. The van der Waals surface area contributed by atoms with Crippen LogP contribution in [0.1, 0.15) is 17.3 Å². The molecule has 208 valence electrons. The molecule has 3 aromatic carbocycles. The molecule has 0 aliphatic heterocycles. The Labute approximate surface area is 236 Å². The summed E-state index contributed by atoms with van der Waals surface area (Å²) < 4.78 is 49.4. The smallest absolute Gasteiger partial charge is 0.339 e. The molecule has 0 aromatic heterocycles. The van der Waals surface area contributed by atoms with Gasteiger partial charge in [0.1, 0.15) is 12.3 Å². The summed E-state index contributed by atoms with van der Waals surface area (Å²) in [6.07, 6.45) is 0. The first-order valence-electron chi connectivity index (χ1n) is 11.4. The van der Waals surface area contributed by atoms with E-state index in [4.69, 9.17) is 42.1 Å². The second-order valence-electron chi connectivity index (χ2n) is 7.81. The predicted octanol–water partition coefficient (Wildman–Crippen LogP) is 5.03. The normalized spacial score (nSPS) is 10.9. The second-order valence-corrected chi connectivity index (χ2v) is 10.5. The van der Waals surface area contributed by atoms with Gasteiger partial charge in [-0.25, -0.2) is 13.2 Å². The molecule has 0 bridgehead atoms. The van der Waals surface area contributed by atoms with Crippen molar-refractivity contribution in [2.75, 3.05) is 44.1 Å². The number of benzene rings is 3. The number of rotatable bonds is 11. The Balaban J connectivity index is 2.01.